The molecule has 1 aromatic heterocycles. The molecule has 1 aliphatic heterocycles. The lowest BCUT2D eigenvalue weighted by molar-refractivity contribution is 0.201. The van der Waals surface area contributed by atoms with E-state index >= 15 is 0 Å². The second kappa shape index (κ2) is 5.49. The zero-order chi connectivity index (χ0) is 13.2. The van der Waals surface area contributed by atoms with E-state index in [4.69, 9.17) is 11.6 Å². The molecule has 1 aromatic rings. The van der Waals surface area contributed by atoms with Gasteiger partial charge in [-0.2, -0.15) is 15.0 Å². The quantitative estimate of drug-likeness (QED) is 0.903. The van der Waals surface area contributed by atoms with E-state index in [1.807, 2.05) is 0 Å². The number of hydrogen-bond acceptors (Lipinski definition) is 5. The summed E-state index contributed by atoms with van der Waals surface area (Å²) in [6.07, 6.45) is 6.78. The monoisotopic (exact) mass is 281 g/mol. The summed E-state index contributed by atoms with van der Waals surface area (Å²) in [6.45, 7) is 2.10. The van der Waals surface area contributed by atoms with Crippen molar-refractivity contribution in [3.63, 3.8) is 0 Å². The third kappa shape index (κ3) is 2.76. The fraction of sp³-hybridized carbons (Fsp3) is 0.769. The Morgan fingerprint density at radius 1 is 1.11 bits per heavy atom. The fourth-order valence-corrected chi connectivity index (χ4v) is 3.53. The van der Waals surface area contributed by atoms with Crippen molar-refractivity contribution in [1.29, 1.82) is 0 Å². The summed E-state index contributed by atoms with van der Waals surface area (Å²) in [5, 5.41) is 3.19. The number of nitrogens with zero attached hydrogens (tertiary/aromatic N) is 4. The molecular weight excluding hydrogens is 262 g/mol. The summed E-state index contributed by atoms with van der Waals surface area (Å²) in [7, 11) is 1.79. The van der Waals surface area contributed by atoms with Gasteiger partial charge in [0, 0.05) is 20.1 Å². The number of anilines is 2. The first kappa shape index (κ1) is 12.9. The maximum atomic E-state index is 5.96. The van der Waals surface area contributed by atoms with Crippen LogP contribution in [0.25, 0.3) is 0 Å². The second-order valence-electron chi connectivity index (χ2n) is 5.52. The highest BCUT2D eigenvalue weighted by atomic mass is 35.5. The average Bonchev–Trinajstić information content (AvgIpc) is 2.46. The third-order valence-electron chi connectivity index (χ3n) is 4.39. The first-order valence-electron chi connectivity index (χ1n) is 7.10. The Labute approximate surface area is 118 Å². The van der Waals surface area contributed by atoms with Gasteiger partial charge in [0.15, 0.2) is 0 Å². The maximum Gasteiger partial charge on any atom is 0.231 e. The van der Waals surface area contributed by atoms with Crippen LogP contribution in [-0.4, -0.2) is 35.1 Å². The summed E-state index contributed by atoms with van der Waals surface area (Å²) < 4.78 is 0. The van der Waals surface area contributed by atoms with Gasteiger partial charge in [0.25, 0.3) is 0 Å². The summed E-state index contributed by atoms with van der Waals surface area (Å²) in [6, 6.07) is 0. The van der Waals surface area contributed by atoms with Crippen molar-refractivity contribution in [3.8, 4) is 0 Å². The van der Waals surface area contributed by atoms with Gasteiger partial charge in [-0.3, -0.25) is 0 Å². The number of aromatic nitrogens is 3. The van der Waals surface area contributed by atoms with Gasteiger partial charge in [0.05, 0.1) is 0 Å². The number of piperidine rings is 1. The fourth-order valence-electron chi connectivity index (χ4n) is 3.38. The highest BCUT2D eigenvalue weighted by molar-refractivity contribution is 6.28. The molecule has 1 aliphatic carbocycles. The number of nitrogens with one attached hydrogen (secondary N) is 1. The topological polar surface area (TPSA) is 53.9 Å². The van der Waals surface area contributed by atoms with E-state index in [-0.39, 0.29) is 5.28 Å². The SMILES string of the molecule is CNc1nc(Cl)nc(N2CCC3CCCCC3C2)n1. The maximum absolute atomic E-state index is 5.96. The second-order valence-corrected chi connectivity index (χ2v) is 5.86. The first-order valence-corrected chi connectivity index (χ1v) is 7.48. The van der Waals surface area contributed by atoms with Gasteiger partial charge in [-0.15, -0.1) is 0 Å². The normalized spacial score (nSPS) is 26.9. The lowest BCUT2D eigenvalue weighted by atomic mass is 9.75. The van der Waals surface area contributed by atoms with E-state index in [2.05, 4.69) is 25.2 Å². The van der Waals surface area contributed by atoms with Crippen LogP contribution in [0.3, 0.4) is 0 Å². The molecule has 3 rings (SSSR count). The smallest absolute Gasteiger partial charge is 0.231 e. The van der Waals surface area contributed by atoms with E-state index in [9.17, 15) is 0 Å². The molecule has 0 spiro atoms. The van der Waals surface area contributed by atoms with Gasteiger partial charge in [-0.25, -0.2) is 0 Å². The zero-order valence-corrected chi connectivity index (χ0v) is 12.0. The van der Waals surface area contributed by atoms with Crippen LogP contribution in [0, 0.1) is 11.8 Å². The molecule has 104 valence electrons. The summed E-state index contributed by atoms with van der Waals surface area (Å²) >= 11 is 5.96. The van der Waals surface area contributed by atoms with Gasteiger partial charge >= 0.3 is 0 Å². The van der Waals surface area contributed by atoms with Gasteiger partial charge < -0.3 is 10.2 Å². The molecule has 2 heterocycles. The molecule has 0 radical (unpaired) electrons. The molecule has 0 aromatic carbocycles. The predicted molar refractivity (Wildman–Crippen MR) is 76.7 cm³/mol. The highest BCUT2D eigenvalue weighted by Gasteiger charge is 2.32. The molecule has 2 fully saturated rings. The van der Waals surface area contributed by atoms with Crippen LogP contribution in [0.15, 0.2) is 0 Å². The Hall–Kier alpha value is -1.10. The largest absolute Gasteiger partial charge is 0.357 e. The summed E-state index contributed by atoms with van der Waals surface area (Å²) in [5.41, 5.74) is 0. The Balaban J connectivity index is 1.77. The van der Waals surface area contributed by atoms with Gasteiger partial charge in [-0.1, -0.05) is 19.3 Å². The Morgan fingerprint density at radius 3 is 2.68 bits per heavy atom. The predicted octanol–water partition coefficient (Wildman–Crippen LogP) is 2.58. The molecular formula is C13H20ClN5. The molecule has 2 aliphatic rings. The molecule has 6 heteroatoms. The minimum Gasteiger partial charge on any atom is -0.357 e. The molecule has 0 bridgehead atoms. The van der Waals surface area contributed by atoms with Crippen molar-refractivity contribution in [3.05, 3.63) is 5.28 Å². The minimum absolute atomic E-state index is 0.264. The lowest BCUT2D eigenvalue weighted by Crippen LogP contribution is -2.42. The van der Waals surface area contributed by atoms with Gasteiger partial charge in [-0.05, 0) is 36.3 Å². The van der Waals surface area contributed by atoms with Crippen LogP contribution >= 0.6 is 11.6 Å². The standard InChI is InChI=1S/C13H20ClN5/c1-15-12-16-11(14)17-13(18-12)19-7-6-9-4-2-3-5-10(9)8-19/h9-10H,2-8H2,1H3,(H,15,16,17,18). The van der Waals surface area contributed by atoms with E-state index in [1.54, 1.807) is 7.05 Å². The summed E-state index contributed by atoms with van der Waals surface area (Å²) in [4.78, 5) is 15.0. The van der Waals surface area contributed by atoms with Crippen LogP contribution in [0.1, 0.15) is 32.1 Å². The molecule has 1 N–H and O–H groups in total. The lowest BCUT2D eigenvalue weighted by Gasteiger charge is -2.41. The van der Waals surface area contributed by atoms with Crippen molar-refractivity contribution in [2.24, 2.45) is 11.8 Å². The van der Waals surface area contributed by atoms with Crippen LogP contribution < -0.4 is 10.2 Å². The molecule has 1 saturated heterocycles. The molecule has 1 saturated carbocycles. The number of hydrogen-bond donors (Lipinski definition) is 1. The number of halogens is 1. The Kier molecular flexibility index (Phi) is 3.73. The molecule has 2 atom stereocenters. The highest BCUT2D eigenvalue weighted by Crippen LogP contribution is 2.36. The summed E-state index contributed by atoms with van der Waals surface area (Å²) in [5.74, 6) is 2.97. The van der Waals surface area contributed by atoms with Crippen molar-refractivity contribution in [1.82, 2.24) is 15.0 Å². The van der Waals surface area contributed by atoms with E-state index in [0.717, 1.165) is 24.9 Å². The van der Waals surface area contributed by atoms with E-state index < -0.39 is 0 Å². The number of fused-ring (bicyclic) bond motifs is 1. The van der Waals surface area contributed by atoms with E-state index in [0.29, 0.717) is 11.9 Å². The van der Waals surface area contributed by atoms with Crippen molar-refractivity contribution in [2.45, 2.75) is 32.1 Å². The first-order chi connectivity index (χ1) is 9.26. The average molecular weight is 282 g/mol. The molecule has 2 unspecified atom stereocenters. The Bertz CT molecular complexity index is 453. The Morgan fingerprint density at radius 2 is 1.89 bits per heavy atom. The van der Waals surface area contributed by atoms with Crippen LogP contribution in [-0.2, 0) is 0 Å². The molecule has 0 amide bonds. The van der Waals surface area contributed by atoms with Crippen molar-refractivity contribution in [2.75, 3.05) is 30.4 Å². The van der Waals surface area contributed by atoms with Crippen LogP contribution in [0.5, 0.6) is 0 Å². The van der Waals surface area contributed by atoms with Gasteiger partial charge in [0.1, 0.15) is 0 Å². The third-order valence-corrected chi connectivity index (χ3v) is 4.56. The van der Waals surface area contributed by atoms with E-state index in [1.165, 1.54) is 32.1 Å². The minimum atomic E-state index is 0.264. The molecule has 5 nitrogen and oxygen atoms in total. The van der Waals surface area contributed by atoms with Crippen LogP contribution in [0.2, 0.25) is 5.28 Å². The molecule has 19 heavy (non-hydrogen) atoms. The van der Waals surface area contributed by atoms with Crippen molar-refractivity contribution >= 4 is 23.5 Å². The van der Waals surface area contributed by atoms with Gasteiger partial charge in [0.2, 0.25) is 17.2 Å². The zero-order valence-electron chi connectivity index (χ0n) is 11.3. The number of rotatable bonds is 2. The van der Waals surface area contributed by atoms with Crippen molar-refractivity contribution < 1.29 is 0 Å². The van der Waals surface area contributed by atoms with Crippen LogP contribution in [0.4, 0.5) is 11.9 Å².